The summed E-state index contributed by atoms with van der Waals surface area (Å²) in [4.78, 5) is 23.7. The number of carbonyl (C=O) groups excluding carboxylic acids is 2. The highest BCUT2D eigenvalue weighted by atomic mass is 32.2. The van der Waals surface area contributed by atoms with Crippen molar-refractivity contribution in [1.82, 2.24) is 5.32 Å². The molecule has 0 bridgehead atoms. The molecule has 0 atom stereocenters. The number of rotatable bonds is 7. The number of sulfone groups is 1. The molecule has 0 saturated carbocycles. The molecule has 0 aromatic heterocycles. The molecular formula is C17H24N2O6S. The van der Waals surface area contributed by atoms with Crippen LogP contribution in [-0.4, -0.2) is 58.1 Å². The first-order chi connectivity index (χ1) is 12.3. The van der Waals surface area contributed by atoms with Crippen molar-refractivity contribution in [3.8, 4) is 5.75 Å². The summed E-state index contributed by atoms with van der Waals surface area (Å²) >= 11 is 0. The van der Waals surface area contributed by atoms with Gasteiger partial charge in [-0.2, -0.15) is 0 Å². The van der Waals surface area contributed by atoms with Crippen LogP contribution >= 0.6 is 0 Å². The summed E-state index contributed by atoms with van der Waals surface area (Å²) in [7, 11) is -2.25. The maximum atomic E-state index is 12.7. The highest BCUT2D eigenvalue weighted by molar-refractivity contribution is 7.92. The van der Waals surface area contributed by atoms with Crippen LogP contribution in [0, 0.1) is 0 Å². The van der Waals surface area contributed by atoms with Crippen LogP contribution in [0.1, 0.15) is 19.3 Å². The molecule has 1 aliphatic rings. The van der Waals surface area contributed by atoms with E-state index in [4.69, 9.17) is 4.74 Å². The first-order valence-electron chi connectivity index (χ1n) is 8.30. The second kappa shape index (κ2) is 8.50. The molecule has 0 unspecified atom stereocenters. The topological polar surface area (TPSA) is 111 Å². The van der Waals surface area contributed by atoms with Crippen molar-refractivity contribution in [2.24, 2.45) is 0 Å². The van der Waals surface area contributed by atoms with Crippen molar-refractivity contribution in [3.63, 3.8) is 0 Å². The minimum absolute atomic E-state index is 0.139. The number of ether oxygens (including phenoxy) is 2. The van der Waals surface area contributed by atoms with Crippen LogP contribution in [0.2, 0.25) is 0 Å². The summed E-state index contributed by atoms with van der Waals surface area (Å²) in [5, 5.41) is 5.77. The number of methoxy groups -OCH3 is 1. The number of hydrogen-bond donors (Lipinski definition) is 2. The third kappa shape index (κ3) is 4.73. The smallest absolute Gasteiger partial charge is 0.308 e. The Morgan fingerprint density at radius 3 is 2.35 bits per heavy atom. The van der Waals surface area contributed by atoms with Crippen LogP contribution in [0.5, 0.6) is 5.75 Å². The van der Waals surface area contributed by atoms with Crippen molar-refractivity contribution in [3.05, 3.63) is 24.3 Å². The molecule has 1 amide bonds. The quantitative estimate of drug-likeness (QED) is 0.667. The van der Waals surface area contributed by atoms with Gasteiger partial charge in [0.05, 0.1) is 20.1 Å². The van der Waals surface area contributed by atoms with Gasteiger partial charge in [0.2, 0.25) is 5.91 Å². The molecule has 9 heteroatoms. The molecule has 2 rings (SSSR count). The van der Waals surface area contributed by atoms with E-state index in [0.717, 1.165) is 6.26 Å². The van der Waals surface area contributed by atoms with Gasteiger partial charge in [0.25, 0.3) is 0 Å². The molecule has 144 valence electrons. The Hall–Kier alpha value is -2.13. The Morgan fingerprint density at radius 1 is 1.19 bits per heavy atom. The van der Waals surface area contributed by atoms with Crippen LogP contribution in [0.15, 0.2) is 24.3 Å². The van der Waals surface area contributed by atoms with E-state index >= 15 is 0 Å². The SMILES string of the molecule is COC(=O)CCOc1ccc(NC(=O)C2(S(C)(=O)=O)CCNCC2)cc1. The largest absolute Gasteiger partial charge is 0.493 e. The lowest BCUT2D eigenvalue weighted by molar-refractivity contribution is -0.141. The van der Waals surface area contributed by atoms with Crippen LogP contribution in [0.3, 0.4) is 0 Å². The van der Waals surface area contributed by atoms with Gasteiger partial charge in [-0.05, 0) is 50.2 Å². The lowest BCUT2D eigenvalue weighted by atomic mass is 9.95. The number of benzene rings is 1. The third-order valence-corrected chi connectivity index (χ3v) is 6.46. The van der Waals surface area contributed by atoms with Crippen molar-refractivity contribution in [2.75, 3.05) is 38.4 Å². The highest BCUT2D eigenvalue weighted by Crippen LogP contribution is 2.29. The Kier molecular flexibility index (Phi) is 6.60. The fourth-order valence-electron chi connectivity index (χ4n) is 2.83. The number of esters is 1. The molecule has 1 fully saturated rings. The summed E-state index contributed by atoms with van der Waals surface area (Å²) in [6.45, 7) is 1.14. The molecule has 1 aromatic rings. The highest BCUT2D eigenvalue weighted by Gasteiger charge is 2.48. The van der Waals surface area contributed by atoms with Gasteiger partial charge in [0.1, 0.15) is 5.75 Å². The van der Waals surface area contributed by atoms with Crippen molar-refractivity contribution < 1.29 is 27.5 Å². The first kappa shape index (κ1) is 20.2. The van der Waals surface area contributed by atoms with E-state index in [1.54, 1.807) is 24.3 Å². The predicted molar refractivity (Wildman–Crippen MR) is 96.9 cm³/mol. The van der Waals surface area contributed by atoms with Crippen LogP contribution in [0.25, 0.3) is 0 Å². The van der Waals surface area contributed by atoms with Gasteiger partial charge < -0.3 is 20.1 Å². The summed E-state index contributed by atoms with van der Waals surface area (Å²) in [6, 6.07) is 6.54. The fraction of sp³-hybridized carbons (Fsp3) is 0.529. The van der Waals surface area contributed by atoms with E-state index in [9.17, 15) is 18.0 Å². The Morgan fingerprint density at radius 2 is 1.81 bits per heavy atom. The number of piperidine rings is 1. The van der Waals surface area contributed by atoms with Gasteiger partial charge in [-0.3, -0.25) is 9.59 Å². The van der Waals surface area contributed by atoms with E-state index in [2.05, 4.69) is 15.4 Å². The summed E-state index contributed by atoms with van der Waals surface area (Å²) < 4.78 is 33.0. The zero-order valence-electron chi connectivity index (χ0n) is 14.9. The lowest BCUT2D eigenvalue weighted by Crippen LogP contribution is -2.55. The standard InChI is InChI=1S/C17H24N2O6S/c1-24-15(20)7-12-25-14-5-3-13(4-6-14)19-16(21)17(26(2,22)23)8-10-18-11-9-17/h3-6,18H,7-12H2,1-2H3,(H,19,21). The average molecular weight is 384 g/mol. The monoisotopic (exact) mass is 384 g/mol. The van der Waals surface area contributed by atoms with Gasteiger partial charge >= 0.3 is 5.97 Å². The Bertz CT molecular complexity index is 739. The van der Waals surface area contributed by atoms with E-state index < -0.39 is 20.5 Å². The van der Waals surface area contributed by atoms with Gasteiger partial charge in [-0.15, -0.1) is 0 Å². The van der Waals surface area contributed by atoms with Crippen LogP contribution < -0.4 is 15.4 Å². The van der Waals surface area contributed by atoms with Gasteiger partial charge in [0, 0.05) is 11.9 Å². The number of anilines is 1. The Labute approximate surface area is 153 Å². The molecule has 2 N–H and O–H groups in total. The molecule has 0 spiro atoms. The molecule has 26 heavy (non-hydrogen) atoms. The minimum Gasteiger partial charge on any atom is -0.493 e. The van der Waals surface area contributed by atoms with Crippen molar-refractivity contribution >= 4 is 27.4 Å². The van der Waals surface area contributed by atoms with Crippen LogP contribution in [0.4, 0.5) is 5.69 Å². The maximum absolute atomic E-state index is 12.7. The molecule has 1 saturated heterocycles. The molecule has 0 aliphatic carbocycles. The first-order valence-corrected chi connectivity index (χ1v) is 10.2. The summed E-state index contributed by atoms with van der Waals surface area (Å²) in [5.74, 6) is -0.339. The number of hydrogen-bond acceptors (Lipinski definition) is 7. The van der Waals surface area contributed by atoms with E-state index in [1.165, 1.54) is 7.11 Å². The summed E-state index contributed by atoms with van der Waals surface area (Å²) in [6.07, 6.45) is 1.73. The summed E-state index contributed by atoms with van der Waals surface area (Å²) in [5.41, 5.74) is 0.483. The zero-order chi connectivity index (χ0) is 19.2. The minimum atomic E-state index is -3.56. The van der Waals surface area contributed by atoms with Gasteiger partial charge in [-0.25, -0.2) is 8.42 Å². The molecular weight excluding hydrogens is 360 g/mol. The van der Waals surface area contributed by atoms with Crippen molar-refractivity contribution in [1.29, 1.82) is 0 Å². The normalized spacial score (nSPS) is 16.5. The molecule has 1 aromatic carbocycles. The molecule has 0 radical (unpaired) electrons. The Balaban J connectivity index is 2.01. The van der Waals surface area contributed by atoms with E-state index in [-0.39, 0.29) is 31.8 Å². The molecule has 1 aliphatic heterocycles. The van der Waals surface area contributed by atoms with Gasteiger partial charge in [-0.1, -0.05) is 0 Å². The third-order valence-electron chi connectivity index (χ3n) is 4.45. The second-order valence-corrected chi connectivity index (χ2v) is 8.50. The second-order valence-electron chi connectivity index (χ2n) is 6.17. The average Bonchev–Trinajstić information content (AvgIpc) is 2.62. The maximum Gasteiger partial charge on any atom is 0.308 e. The zero-order valence-corrected chi connectivity index (χ0v) is 15.7. The molecule has 1 heterocycles. The van der Waals surface area contributed by atoms with E-state index in [0.29, 0.717) is 24.5 Å². The number of amides is 1. The van der Waals surface area contributed by atoms with Crippen LogP contribution in [-0.2, 0) is 24.2 Å². The predicted octanol–water partition coefficient (Wildman–Crippen LogP) is 0.734. The number of carbonyl (C=O) groups is 2. The van der Waals surface area contributed by atoms with Gasteiger partial charge in [0.15, 0.2) is 14.6 Å². The number of nitrogens with one attached hydrogen (secondary N) is 2. The lowest BCUT2D eigenvalue weighted by Gasteiger charge is -2.34. The van der Waals surface area contributed by atoms with Crippen molar-refractivity contribution in [2.45, 2.75) is 24.0 Å². The fourth-order valence-corrected chi connectivity index (χ4v) is 4.16. The molecule has 8 nitrogen and oxygen atoms in total. The van der Waals surface area contributed by atoms with E-state index in [1.807, 2.05) is 0 Å².